The van der Waals surface area contributed by atoms with Gasteiger partial charge in [-0.15, -0.1) is 5.06 Å². The predicted octanol–water partition coefficient (Wildman–Crippen LogP) is 2.88. The van der Waals surface area contributed by atoms with Gasteiger partial charge in [0, 0.05) is 31.2 Å². The van der Waals surface area contributed by atoms with Crippen LogP contribution in [0.2, 0.25) is 0 Å². The smallest absolute Gasteiger partial charge is 0.357 e. The number of nitrogens with one attached hydrogen (secondary N) is 1. The predicted molar refractivity (Wildman–Crippen MR) is 96.1 cm³/mol. The number of non-ortho nitro benzene ring substituents is 1. The van der Waals surface area contributed by atoms with Crippen LogP contribution in [0.5, 0.6) is 0 Å². The molecule has 0 aromatic heterocycles. The summed E-state index contributed by atoms with van der Waals surface area (Å²) in [4.78, 5) is 44.2. The number of carbonyl (C=O) groups excluding carboxylic acids is 2. The summed E-state index contributed by atoms with van der Waals surface area (Å²) in [7, 11) is 0. The van der Waals surface area contributed by atoms with E-state index in [2.05, 4.69) is 5.48 Å². The minimum Gasteiger partial charge on any atom is -0.362 e. The third-order valence-corrected chi connectivity index (χ3v) is 4.04. The molecule has 1 aliphatic rings. The van der Waals surface area contributed by atoms with Gasteiger partial charge in [-0.25, -0.2) is 10.3 Å². The van der Waals surface area contributed by atoms with Crippen LogP contribution in [-0.2, 0) is 14.5 Å². The summed E-state index contributed by atoms with van der Waals surface area (Å²) in [6.45, 7) is 8.78. The Labute approximate surface area is 157 Å². The fraction of sp³-hybridized carbons (Fsp3) is 0.444. The summed E-state index contributed by atoms with van der Waals surface area (Å²) in [6.07, 6.45) is 2.25. The molecule has 1 aromatic rings. The van der Waals surface area contributed by atoms with Crippen molar-refractivity contribution < 1.29 is 24.2 Å². The zero-order valence-corrected chi connectivity index (χ0v) is 15.9. The normalized spacial score (nSPS) is 18.2. The molecule has 0 aliphatic carbocycles. The average Bonchev–Trinajstić information content (AvgIpc) is 2.55. The highest BCUT2D eigenvalue weighted by atomic mass is 16.7. The van der Waals surface area contributed by atoms with Crippen molar-refractivity contribution in [3.63, 3.8) is 0 Å². The first-order valence-electron chi connectivity index (χ1n) is 8.34. The Morgan fingerprint density at radius 2 is 1.78 bits per heavy atom. The molecule has 1 aromatic carbocycles. The first-order valence-corrected chi connectivity index (χ1v) is 8.34. The average molecular weight is 377 g/mol. The van der Waals surface area contributed by atoms with E-state index in [1.165, 1.54) is 31.2 Å². The number of carbonyl (C=O) groups is 2. The van der Waals surface area contributed by atoms with Gasteiger partial charge in [0.2, 0.25) is 0 Å². The second kappa shape index (κ2) is 7.36. The first-order chi connectivity index (χ1) is 12.4. The molecule has 0 fully saturated rings. The van der Waals surface area contributed by atoms with Gasteiger partial charge in [-0.3, -0.25) is 14.9 Å². The van der Waals surface area contributed by atoms with Gasteiger partial charge in [0.25, 0.3) is 5.69 Å². The Morgan fingerprint density at radius 1 is 1.19 bits per heavy atom. The summed E-state index contributed by atoms with van der Waals surface area (Å²) < 4.78 is 0. The summed E-state index contributed by atoms with van der Waals surface area (Å²) in [5.41, 5.74) is 2.14. The van der Waals surface area contributed by atoms with Gasteiger partial charge in [0.15, 0.2) is 0 Å². The molecule has 9 heteroatoms. The van der Waals surface area contributed by atoms with Gasteiger partial charge in [0.1, 0.15) is 0 Å². The van der Waals surface area contributed by atoms with E-state index in [1.54, 1.807) is 5.06 Å². The molecular weight excluding hydrogens is 354 g/mol. The molecule has 0 bridgehead atoms. The molecule has 0 radical (unpaired) electrons. The topological polar surface area (TPSA) is 111 Å². The van der Waals surface area contributed by atoms with E-state index in [4.69, 9.17) is 9.68 Å². The number of nitro benzene ring substituents is 1. The SMILES string of the molecule is CC(=O)ONC1=CC(C)(C)N(OC(=O)c2ccc([N+](=O)[O-])cc2)C(C)(C)C1. The lowest BCUT2D eigenvalue weighted by Gasteiger charge is -2.48. The number of rotatable bonds is 5. The van der Waals surface area contributed by atoms with Crippen molar-refractivity contribution in [2.24, 2.45) is 0 Å². The number of benzene rings is 1. The van der Waals surface area contributed by atoms with Gasteiger partial charge >= 0.3 is 11.9 Å². The van der Waals surface area contributed by atoms with Crippen LogP contribution >= 0.6 is 0 Å². The van der Waals surface area contributed by atoms with Crippen LogP contribution in [0.15, 0.2) is 36.0 Å². The number of hydrogen-bond donors (Lipinski definition) is 1. The summed E-state index contributed by atoms with van der Waals surface area (Å²) in [6, 6.07) is 5.22. The molecular formula is C18H23N3O6. The van der Waals surface area contributed by atoms with Crippen molar-refractivity contribution >= 4 is 17.6 Å². The number of hydrogen-bond acceptors (Lipinski definition) is 8. The molecule has 0 saturated heterocycles. The highest BCUT2D eigenvalue weighted by Crippen LogP contribution is 2.37. The Kier molecular flexibility index (Phi) is 5.55. The summed E-state index contributed by atoms with van der Waals surface area (Å²) >= 11 is 0. The Hall–Kier alpha value is -2.94. The maximum Gasteiger partial charge on any atom is 0.357 e. The Bertz CT molecular complexity index is 783. The second-order valence-corrected chi connectivity index (χ2v) is 7.49. The molecule has 0 atom stereocenters. The molecule has 0 unspecified atom stereocenters. The standard InChI is InChI=1S/C18H23N3O6/c1-12(22)26-19-14-10-17(2,3)21(18(4,5)11-14)27-16(23)13-6-8-15(9-7-13)20(24)25/h6-10,19H,11H2,1-5H3. The molecule has 1 heterocycles. The van der Waals surface area contributed by atoms with Crippen molar-refractivity contribution in [3.8, 4) is 0 Å². The Balaban J connectivity index is 2.20. The monoisotopic (exact) mass is 377 g/mol. The molecule has 0 saturated carbocycles. The van der Waals surface area contributed by atoms with E-state index in [0.717, 1.165) is 0 Å². The number of hydroxylamine groups is 3. The van der Waals surface area contributed by atoms with Crippen LogP contribution < -0.4 is 5.48 Å². The third-order valence-electron chi connectivity index (χ3n) is 4.04. The van der Waals surface area contributed by atoms with E-state index in [0.29, 0.717) is 12.1 Å². The minimum absolute atomic E-state index is 0.102. The highest BCUT2D eigenvalue weighted by Gasteiger charge is 2.45. The van der Waals surface area contributed by atoms with Gasteiger partial charge in [-0.05, 0) is 45.9 Å². The van der Waals surface area contributed by atoms with Crippen LogP contribution in [0, 0.1) is 10.1 Å². The van der Waals surface area contributed by atoms with Crippen molar-refractivity contribution in [3.05, 3.63) is 51.7 Å². The minimum atomic E-state index is -0.694. The summed E-state index contributed by atoms with van der Waals surface area (Å²) in [5.74, 6) is -1.07. The largest absolute Gasteiger partial charge is 0.362 e. The molecule has 9 nitrogen and oxygen atoms in total. The maximum absolute atomic E-state index is 12.5. The molecule has 1 aliphatic heterocycles. The van der Waals surface area contributed by atoms with Gasteiger partial charge < -0.3 is 9.68 Å². The first kappa shape index (κ1) is 20.4. The van der Waals surface area contributed by atoms with Gasteiger partial charge in [0.05, 0.1) is 21.6 Å². The fourth-order valence-corrected chi connectivity index (χ4v) is 3.15. The van der Waals surface area contributed by atoms with E-state index in [1.807, 2.05) is 33.8 Å². The van der Waals surface area contributed by atoms with Crippen LogP contribution in [0.3, 0.4) is 0 Å². The molecule has 2 rings (SSSR count). The molecule has 1 N–H and O–H groups in total. The van der Waals surface area contributed by atoms with E-state index in [9.17, 15) is 19.7 Å². The van der Waals surface area contributed by atoms with Gasteiger partial charge in [-0.2, -0.15) is 0 Å². The number of nitro groups is 1. The fourth-order valence-electron chi connectivity index (χ4n) is 3.15. The van der Waals surface area contributed by atoms with Crippen LogP contribution in [0.4, 0.5) is 5.69 Å². The number of nitrogens with zero attached hydrogens (tertiary/aromatic N) is 2. The van der Waals surface area contributed by atoms with Crippen LogP contribution in [-0.4, -0.2) is 33.0 Å². The van der Waals surface area contributed by atoms with Gasteiger partial charge in [-0.1, -0.05) is 0 Å². The van der Waals surface area contributed by atoms with E-state index >= 15 is 0 Å². The zero-order chi connectivity index (χ0) is 20.4. The maximum atomic E-state index is 12.5. The van der Waals surface area contributed by atoms with Crippen LogP contribution in [0.1, 0.15) is 51.4 Å². The highest BCUT2D eigenvalue weighted by molar-refractivity contribution is 5.89. The van der Waals surface area contributed by atoms with Crippen molar-refractivity contribution in [2.45, 2.75) is 52.1 Å². The second-order valence-electron chi connectivity index (χ2n) is 7.49. The summed E-state index contributed by atoms with van der Waals surface area (Å²) in [5, 5.41) is 12.3. The molecule has 27 heavy (non-hydrogen) atoms. The van der Waals surface area contributed by atoms with Crippen molar-refractivity contribution in [2.75, 3.05) is 0 Å². The molecule has 146 valence electrons. The van der Waals surface area contributed by atoms with E-state index in [-0.39, 0.29) is 11.3 Å². The van der Waals surface area contributed by atoms with Crippen molar-refractivity contribution in [1.82, 2.24) is 10.5 Å². The lowest BCUT2D eigenvalue weighted by Crippen LogP contribution is -2.58. The molecule has 0 spiro atoms. The third kappa shape index (κ3) is 4.82. The lowest BCUT2D eigenvalue weighted by molar-refractivity contribution is -0.384. The quantitative estimate of drug-likeness (QED) is 0.616. The van der Waals surface area contributed by atoms with Crippen LogP contribution in [0.25, 0.3) is 0 Å². The lowest BCUT2D eigenvalue weighted by atomic mass is 9.86. The zero-order valence-electron chi connectivity index (χ0n) is 15.9. The Morgan fingerprint density at radius 3 is 2.26 bits per heavy atom. The molecule has 0 amide bonds. The van der Waals surface area contributed by atoms with E-state index < -0.39 is 27.9 Å². The van der Waals surface area contributed by atoms with Crippen molar-refractivity contribution in [1.29, 1.82) is 0 Å².